The van der Waals surface area contributed by atoms with E-state index in [-0.39, 0.29) is 0 Å². The van der Waals surface area contributed by atoms with Crippen molar-refractivity contribution >= 4 is 21.7 Å². The summed E-state index contributed by atoms with van der Waals surface area (Å²) >= 11 is 0. The van der Waals surface area contributed by atoms with E-state index in [1.54, 1.807) is 7.11 Å². The van der Waals surface area contributed by atoms with Crippen molar-refractivity contribution in [1.82, 2.24) is 4.98 Å². The molecule has 4 rings (SSSR count). The van der Waals surface area contributed by atoms with Gasteiger partial charge in [-0.3, -0.25) is 0 Å². The van der Waals surface area contributed by atoms with Crippen molar-refractivity contribution in [2.45, 2.75) is 0 Å². The van der Waals surface area contributed by atoms with Crippen molar-refractivity contribution in [3.8, 4) is 16.9 Å². The molecule has 0 aliphatic heterocycles. The SMILES string of the molecule is COc1cccc2[nH][c]c(-c3cccc4ccccc34)c12. The Hall–Kier alpha value is -2.74. The fourth-order valence-electron chi connectivity index (χ4n) is 2.90. The third-order valence-electron chi connectivity index (χ3n) is 3.88. The second-order valence-corrected chi connectivity index (χ2v) is 5.03. The largest absolute Gasteiger partial charge is 0.496 e. The molecular weight excluding hydrogens is 258 g/mol. The smallest absolute Gasteiger partial charge is 0.128 e. The molecule has 0 unspecified atom stereocenters. The second kappa shape index (κ2) is 4.67. The molecule has 101 valence electrons. The number of methoxy groups -OCH3 is 1. The van der Waals surface area contributed by atoms with Crippen molar-refractivity contribution in [2.75, 3.05) is 7.11 Å². The van der Waals surface area contributed by atoms with Crippen LogP contribution in [0.25, 0.3) is 32.8 Å². The van der Waals surface area contributed by atoms with Gasteiger partial charge in [-0.15, -0.1) is 0 Å². The number of fused-ring (bicyclic) bond motifs is 2. The van der Waals surface area contributed by atoms with Crippen molar-refractivity contribution in [3.63, 3.8) is 0 Å². The number of H-pyrrole nitrogens is 1. The van der Waals surface area contributed by atoms with E-state index in [4.69, 9.17) is 4.74 Å². The van der Waals surface area contributed by atoms with Gasteiger partial charge in [0.25, 0.3) is 0 Å². The third kappa shape index (κ3) is 1.80. The molecule has 0 aliphatic carbocycles. The number of hydrogen-bond acceptors (Lipinski definition) is 1. The molecule has 1 N–H and O–H groups in total. The number of ether oxygens (including phenoxy) is 1. The zero-order valence-electron chi connectivity index (χ0n) is 11.7. The van der Waals surface area contributed by atoms with Gasteiger partial charge >= 0.3 is 0 Å². The maximum Gasteiger partial charge on any atom is 0.128 e. The molecule has 0 atom stereocenters. The minimum Gasteiger partial charge on any atom is -0.496 e. The summed E-state index contributed by atoms with van der Waals surface area (Å²) in [5.74, 6) is 0.868. The monoisotopic (exact) mass is 272 g/mol. The van der Waals surface area contributed by atoms with Gasteiger partial charge in [0.15, 0.2) is 0 Å². The number of rotatable bonds is 2. The van der Waals surface area contributed by atoms with E-state index >= 15 is 0 Å². The number of aromatic nitrogens is 1. The Bertz CT molecular complexity index is 931. The molecule has 1 heterocycles. The topological polar surface area (TPSA) is 25.0 Å². The predicted octanol–water partition coefficient (Wildman–Crippen LogP) is 4.80. The van der Waals surface area contributed by atoms with Crippen LogP contribution in [0.15, 0.2) is 60.7 Å². The lowest BCUT2D eigenvalue weighted by molar-refractivity contribution is 0.420. The first kappa shape index (κ1) is 12.0. The molecule has 1 aromatic heterocycles. The third-order valence-corrected chi connectivity index (χ3v) is 3.88. The normalized spacial score (nSPS) is 11.1. The summed E-state index contributed by atoms with van der Waals surface area (Å²) in [5.41, 5.74) is 3.26. The average Bonchev–Trinajstić information content (AvgIpc) is 2.98. The average molecular weight is 272 g/mol. The maximum absolute atomic E-state index is 5.52. The van der Waals surface area contributed by atoms with Gasteiger partial charge in [-0.1, -0.05) is 48.5 Å². The highest BCUT2D eigenvalue weighted by Crippen LogP contribution is 2.37. The summed E-state index contributed by atoms with van der Waals surface area (Å²) in [6.07, 6.45) is 3.29. The Morgan fingerprint density at radius 3 is 2.62 bits per heavy atom. The Morgan fingerprint density at radius 2 is 1.71 bits per heavy atom. The molecule has 0 saturated carbocycles. The van der Waals surface area contributed by atoms with Gasteiger partial charge in [0.05, 0.1) is 24.2 Å². The first-order valence-corrected chi connectivity index (χ1v) is 6.93. The van der Waals surface area contributed by atoms with Crippen LogP contribution in [0.1, 0.15) is 0 Å². The van der Waals surface area contributed by atoms with E-state index in [1.165, 1.54) is 16.3 Å². The van der Waals surface area contributed by atoms with E-state index in [0.29, 0.717) is 0 Å². The molecule has 0 saturated heterocycles. The maximum atomic E-state index is 5.52. The van der Waals surface area contributed by atoms with Crippen LogP contribution in [-0.2, 0) is 0 Å². The highest BCUT2D eigenvalue weighted by Gasteiger charge is 2.13. The molecule has 21 heavy (non-hydrogen) atoms. The molecule has 2 nitrogen and oxygen atoms in total. The van der Waals surface area contributed by atoms with E-state index in [9.17, 15) is 0 Å². The highest BCUT2D eigenvalue weighted by atomic mass is 16.5. The zero-order chi connectivity index (χ0) is 14.2. The lowest BCUT2D eigenvalue weighted by Crippen LogP contribution is -1.85. The predicted molar refractivity (Wildman–Crippen MR) is 86.6 cm³/mol. The lowest BCUT2D eigenvalue weighted by atomic mass is 9.97. The molecule has 3 aromatic carbocycles. The molecule has 1 radical (unpaired) electrons. The van der Waals surface area contributed by atoms with Crippen LogP contribution in [-0.4, -0.2) is 12.1 Å². The van der Waals surface area contributed by atoms with Crippen LogP contribution in [0.3, 0.4) is 0 Å². The van der Waals surface area contributed by atoms with Crippen LogP contribution < -0.4 is 4.74 Å². The van der Waals surface area contributed by atoms with Crippen molar-refractivity contribution in [3.05, 3.63) is 66.9 Å². The van der Waals surface area contributed by atoms with E-state index in [0.717, 1.165) is 22.2 Å². The highest BCUT2D eigenvalue weighted by molar-refractivity contribution is 6.06. The summed E-state index contributed by atoms with van der Waals surface area (Å²) in [6, 6.07) is 20.8. The molecule has 4 aromatic rings. The van der Waals surface area contributed by atoms with Gasteiger partial charge in [0.1, 0.15) is 5.75 Å². The first-order chi connectivity index (χ1) is 10.4. The minimum atomic E-state index is 0.868. The summed E-state index contributed by atoms with van der Waals surface area (Å²) < 4.78 is 5.52. The molecule has 0 fully saturated rings. The van der Waals surface area contributed by atoms with Crippen molar-refractivity contribution in [1.29, 1.82) is 0 Å². The summed E-state index contributed by atoms with van der Waals surface area (Å²) in [5, 5.41) is 3.53. The summed E-state index contributed by atoms with van der Waals surface area (Å²) in [7, 11) is 1.70. The molecule has 0 amide bonds. The fraction of sp³-hybridized carbons (Fsp3) is 0.0526. The van der Waals surface area contributed by atoms with Crippen LogP contribution in [0.2, 0.25) is 0 Å². The number of benzene rings is 3. The van der Waals surface area contributed by atoms with Crippen molar-refractivity contribution < 1.29 is 4.74 Å². The first-order valence-electron chi connectivity index (χ1n) is 6.93. The van der Waals surface area contributed by atoms with Gasteiger partial charge in [-0.05, 0) is 28.5 Å². The van der Waals surface area contributed by atoms with Gasteiger partial charge in [-0.2, -0.15) is 0 Å². The number of aromatic amines is 1. The van der Waals surface area contributed by atoms with Crippen LogP contribution >= 0.6 is 0 Å². The van der Waals surface area contributed by atoms with Gasteiger partial charge in [0.2, 0.25) is 0 Å². The fourth-order valence-corrected chi connectivity index (χ4v) is 2.90. The Kier molecular flexibility index (Phi) is 2.68. The van der Waals surface area contributed by atoms with Gasteiger partial charge in [-0.25, -0.2) is 0 Å². The van der Waals surface area contributed by atoms with Crippen LogP contribution in [0, 0.1) is 6.20 Å². The lowest BCUT2D eigenvalue weighted by Gasteiger charge is -2.08. The zero-order valence-corrected chi connectivity index (χ0v) is 11.7. The molecule has 0 spiro atoms. The summed E-state index contributed by atoms with van der Waals surface area (Å²) in [4.78, 5) is 3.22. The Labute approximate surface area is 123 Å². The minimum absolute atomic E-state index is 0.868. The standard InChI is InChI=1S/C19H14NO/c1-21-18-11-5-10-17-19(18)16(12-20-17)15-9-4-7-13-6-2-3-8-14(13)15/h2-11,20H,1H3. The molecule has 0 bridgehead atoms. The second-order valence-electron chi connectivity index (χ2n) is 5.03. The van der Waals surface area contributed by atoms with E-state index in [2.05, 4.69) is 53.6 Å². The van der Waals surface area contributed by atoms with Crippen LogP contribution in [0.5, 0.6) is 5.75 Å². The molecule has 0 aliphatic rings. The van der Waals surface area contributed by atoms with Crippen LogP contribution in [0.4, 0.5) is 0 Å². The number of hydrogen-bond donors (Lipinski definition) is 1. The number of nitrogens with one attached hydrogen (secondary N) is 1. The van der Waals surface area contributed by atoms with E-state index in [1.807, 2.05) is 18.2 Å². The Balaban J connectivity index is 2.10. The quantitative estimate of drug-likeness (QED) is 0.557. The summed E-state index contributed by atoms with van der Waals surface area (Å²) in [6.45, 7) is 0. The van der Waals surface area contributed by atoms with E-state index < -0.39 is 0 Å². The molecule has 2 heteroatoms. The van der Waals surface area contributed by atoms with Gasteiger partial charge < -0.3 is 9.72 Å². The Morgan fingerprint density at radius 1 is 0.905 bits per heavy atom. The van der Waals surface area contributed by atoms with Gasteiger partial charge in [0, 0.05) is 5.56 Å². The van der Waals surface area contributed by atoms with Crippen molar-refractivity contribution in [2.24, 2.45) is 0 Å². The molecular formula is C19H14NO.